The summed E-state index contributed by atoms with van der Waals surface area (Å²) in [7, 11) is -3.23. The first-order valence-corrected chi connectivity index (χ1v) is 14.6. The molecule has 3 aromatic rings. The third kappa shape index (κ3) is 9.94. The lowest BCUT2D eigenvalue weighted by Crippen LogP contribution is -2.51. The summed E-state index contributed by atoms with van der Waals surface area (Å²) < 4.78 is 37.7. The Bertz CT molecular complexity index is 1400. The molecule has 0 fully saturated rings. The van der Waals surface area contributed by atoms with Gasteiger partial charge in [0.2, 0.25) is 11.8 Å². The van der Waals surface area contributed by atoms with E-state index in [0.29, 0.717) is 12.1 Å². The SMILES string of the molecule is CCc1nc([C@H](Cc2ccc(NS(=O)(=O)O)cc2)NC(=O)[C@H](Cc2ccccc2)NC(=O)CNC(=O)OC)cs1. The van der Waals surface area contributed by atoms with Gasteiger partial charge in [0.15, 0.2) is 0 Å². The first-order chi connectivity index (χ1) is 19.1. The molecule has 0 aliphatic rings. The highest BCUT2D eigenvalue weighted by Gasteiger charge is 2.26. The number of carbonyl (C=O) groups is 3. The van der Waals surface area contributed by atoms with Crippen LogP contribution in [0.2, 0.25) is 0 Å². The molecule has 0 bridgehead atoms. The quantitative estimate of drug-likeness (QED) is 0.189. The molecule has 0 aliphatic carbocycles. The lowest BCUT2D eigenvalue weighted by molar-refractivity contribution is -0.129. The molecule has 40 heavy (non-hydrogen) atoms. The number of aryl methyl sites for hydroxylation is 1. The van der Waals surface area contributed by atoms with Crippen LogP contribution in [0.25, 0.3) is 0 Å². The monoisotopic (exact) mass is 589 g/mol. The summed E-state index contributed by atoms with van der Waals surface area (Å²) in [6.45, 7) is 1.61. The molecule has 0 saturated carbocycles. The molecule has 0 aliphatic heterocycles. The van der Waals surface area contributed by atoms with Gasteiger partial charge < -0.3 is 20.7 Å². The van der Waals surface area contributed by atoms with Crippen LogP contribution in [0.1, 0.15) is 34.8 Å². The number of carbonyl (C=O) groups excluding carboxylic acids is 3. The van der Waals surface area contributed by atoms with Crippen molar-refractivity contribution in [1.82, 2.24) is 20.9 Å². The van der Waals surface area contributed by atoms with Crippen LogP contribution in [-0.2, 0) is 43.9 Å². The summed E-state index contributed by atoms with van der Waals surface area (Å²) in [4.78, 5) is 42.1. The van der Waals surface area contributed by atoms with Crippen LogP contribution in [0.15, 0.2) is 60.0 Å². The molecule has 3 rings (SSSR count). The average Bonchev–Trinajstić information content (AvgIpc) is 3.41. The van der Waals surface area contributed by atoms with Gasteiger partial charge in [-0.15, -0.1) is 11.3 Å². The number of thiazole rings is 1. The second-order valence-corrected chi connectivity index (χ2v) is 10.8. The van der Waals surface area contributed by atoms with Crippen molar-refractivity contribution in [2.75, 3.05) is 18.4 Å². The highest BCUT2D eigenvalue weighted by atomic mass is 32.2. The van der Waals surface area contributed by atoms with Crippen molar-refractivity contribution in [1.29, 1.82) is 0 Å². The summed E-state index contributed by atoms with van der Waals surface area (Å²) in [6, 6.07) is 14.0. The topological polar surface area (TPSA) is 176 Å². The number of nitrogens with one attached hydrogen (secondary N) is 4. The zero-order chi connectivity index (χ0) is 29.1. The standard InChI is InChI=1S/C26H31N5O7S2/c1-3-24-29-22(16-39-24)20(13-18-9-11-19(12-10-18)31-40(35,36)37)30-25(33)21(14-17-7-5-4-6-8-17)28-23(32)15-27-26(34)38-2/h4-12,16,20-21,31H,3,13-15H2,1-2H3,(H,27,34)(H,28,32)(H,30,33)(H,35,36,37)/t20-,21-/m0/s1. The van der Waals surface area contributed by atoms with Crippen LogP contribution in [-0.4, -0.2) is 55.6 Å². The zero-order valence-electron chi connectivity index (χ0n) is 21.9. The normalized spacial score (nSPS) is 12.6. The average molecular weight is 590 g/mol. The lowest BCUT2D eigenvalue weighted by Gasteiger charge is -2.23. The number of nitrogens with zero attached hydrogens (tertiary/aromatic N) is 1. The Balaban J connectivity index is 1.81. The second kappa shape index (κ2) is 14.4. The Labute approximate surface area is 236 Å². The molecule has 0 spiro atoms. The van der Waals surface area contributed by atoms with Gasteiger partial charge >= 0.3 is 16.4 Å². The van der Waals surface area contributed by atoms with Gasteiger partial charge in [-0.1, -0.05) is 49.4 Å². The summed E-state index contributed by atoms with van der Waals surface area (Å²) in [5.74, 6) is -1.02. The summed E-state index contributed by atoms with van der Waals surface area (Å²) in [5, 5.41) is 10.7. The van der Waals surface area contributed by atoms with E-state index in [1.165, 1.54) is 30.6 Å². The van der Waals surface area contributed by atoms with E-state index >= 15 is 0 Å². The number of rotatable bonds is 13. The highest BCUT2D eigenvalue weighted by Crippen LogP contribution is 2.23. The van der Waals surface area contributed by atoms with Gasteiger partial charge in [-0.05, 0) is 36.1 Å². The van der Waals surface area contributed by atoms with E-state index in [-0.39, 0.29) is 18.7 Å². The lowest BCUT2D eigenvalue weighted by atomic mass is 10.0. The van der Waals surface area contributed by atoms with E-state index in [0.717, 1.165) is 22.6 Å². The molecule has 14 heteroatoms. The van der Waals surface area contributed by atoms with Gasteiger partial charge in [0.05, 0.1) is 29.5 Å². The Morgan fingerprint density at radius 2 is 1.68 bits per heavy atom. The number of alkyl carbamates (subject to hydrolysis) is 1. The van der Waals surface area contributed by atoms with E-state index in [4.69, 9.17) is 4.55 Å². The van der Waals surface area contributed by atoms with Crippen LogP contribution in [0.4, 0.5) is 10.5 Å². The highest BCUT2D eigenvalue weighted by molar-refractivity contribution is 7.87. The molecular weight excluding hydrogens is 558 g/mol. The van der Waals surface area contributed by atoms with Crippen LogP contribution < -0.4 is 20.7 Å². The fourth-order valence-corrected chi connectivity index (χ4v) is 5.00. The van der Waals surface area contributed by atoms with Crippen molar-refractivity contribution < 1.29 is 32.1 Å². The van der Waals surface area contributed by atoms with Gasteiger partial charge in [-0.3, -0.25) is 18.9 Å². The van der Waals surface area contributed by atoms with Crippen molar-refractivity contribution in [3.8, 4) is 0 Å². The largest absolute Gasteiger partial charge is 0.453 e. The number of amides is 3. The molecule has 5 N–H and O–H groups in total. The molecule has 214 valence electrons. The molecule has 1 heterocycles. The number of hydrogen-bond acceptors (Lipinski definition) is 8. The van der Waals surface area contributed by atoms with E-state index < -0.39 is 40.3 Å². The zero-order valence-corrected chi connectivity index (χ0v) is 23.6. The van der Waals surface area contributed by atoms with Crippen LogP contribution in [0.5, 0.6) is 0 Å². The van der Waals surface area contributed by atoms with Gasteiger partial charge in [0.1, 0.15) is 12.6 Å². The van der Waals surface area contributed by atoms with E-state index in [1.807, 2.05) is 47.4 Å². The van der Waals surface area contributed by atoms with E-state index in [2.05, 4.69) is 25.7 Å². The molecule has 1 aromatic heterocycles. The molecule has 12 nitrogen and oxygen atoms in total. The Morgan fingerprint density at radius 1 is 1.00 bits per heavy atom. The van der Waals surface area contributed by atoms with Crippen LogP contribution in [0, 0.1) is 0 Å². The van der Waals surface area contributed by atoms with Gasteiger partial charge in [-0.25, -0.2) is 9.78 Å². The minimum Gasteiger partial charge on any atom is -0.453 e. The van der Waals surface area contributed by atoms with Gasteiger partial charge in [0, 0.05) is 11.8 Å². The molecule has 0 radical (unpaired) electrons. The maximum Gasteiger partial charge on any atom is 0.407 e. The minimum atomic E-state index is -4.41. The van der Waals surface area contributed by atoms with Crippen molar-refractivity contribution in [3.63, 3.8) is 0 Å². The van der Waals surface area contributed by atoms with Crippen molar-refractivity contribution in [2.45, 2.75) is 38.3 Å². The van der Waals surface area contributed by atoms with Gasteiger partial charge in [0.25, 0.3) is 0 Å². The Kier molecular flexibility index (Phi) is 11.0. The fourth-order valence-electron chi connectivity index (χ4n) is 3.77. The molecule has 0 saturated heterocycles. The number of methoxy groups -OCH3 is 1. The van der Waals surface area contributed by atoms with Gasteiger partial charge in [-0.2, -0.15) is 8.42 Å². The summed E-state index contributed by atoms with van der Waals surface area (Å²) in [6.07, 6.45) is 0.478. The molecular formula is C26H31N5O7S2. The maximum absolute atomic E-state index is 13.6. The first-order valence-electron chi connectivity index (χ1n) is 12.3. The number of hydrogen-bond donors (Lipinski definition) is 5. The predicted molar refractivity (Wildman–Crippen MR) is 150 cm³/mol. The molecule has 2 aromatic carbocycles. The number of aromatic nitrogens is 1. The number of benzene rings is 2. The van der Waals surface area contributed by atoms with E-state index in [9.17, 15) is 22.8 Å². The number of anilines is 1. The van der Waals surface area contributed by atoms with Crippen LogP contribution in [0.3, 0.4) is 0 Å². The third-order valence-electron chi connectivity index (χ3n) is 5.70. The second-order valence-electron chi connectivity index (χ2n) is 8.71. The predicted octanol–water partition coefficient (Wildman–Crippen LogP) is 2.40. The maximum atomic E-state index is 13.6. The van der Waals surface area contributed by atoms with Crippen molar-refractivity contribution >= 4 is 45.2 Å². The fraction of sp³-hybridized carbons (Fsp3) is 0.308. The molecule has 2 atom stereocenters. The van der Waals surface area contributed by atoms with E-state index in [1.54, 1.807) is 12.1 Å². The van der Waals surface area contributed by atoms with Crippen molar-refractivity contribution in [2.24, 2.45) is 0 Å². The Hall–Kier alpha value is -4.01. The molecule has 0 unspecified atom stereocenters. The smallest absolute Gasteiger partial charge is 0.407 e. The first kappa shape index (κ1) is 30.5. The van der Waals surface area contributed by atoms with Crippen molar-refractivity contribution in [3.05, 3.63) is 81.8 Å². The third-order valence-corrected chi connectivity index (χ3v) is 7.20. The van der Waals surface area contributed by atoms with Crippen LogP contribution >= 0.6 is 11.3 Å². The molecule has 3 amide bonds. The Morgan fingerprint density at radius 3 is 2.27 bits per heavy atom. The summed E-state index contributed by atoms with van der Waals surface area (Å²) in [5.41, 5.74) is 2.42. The minimum absolute atomic E-state index is 0.181. The number of ether oxygens (including phenoxy) is 1. The summed E-state index contributed by atoms with van der Waals surface area (Å²) >= 11 is 1.47.